The maximum absolute atomic E-state index is 11.5. The van der Waals surface area contributed by atoms with Crippen molar-refractivity contribution in [3.05, 3.63) is 29.8 Å². The Morgan fingerprint density at radius 1 is 1.25 bits per heavy atom. The first-order valence-corrected chi connectivity index (χ1v) is 6.39. The van der Waals surface area contributed by atoms with Crippen LogP contribution in [0.25, 0.3) is 0 Å². The highest BCUT2D eigenvalue weighted by Crippen LogP contribution is 2.12. The van der Waals surface area contributed by atoms with Crippen molar-refractivity contribution in [2.24, 2.45) is 5.10 Å². The van der Waals surface area contributed by atoms with E-state index in [0.29, 0.717) is 17.9 Å². The van der Waals surface area contributed by atoms with Crippen LogP contribution in [0.2, 0.25) is 0 Å². The minimum atomic E-state index is -0.719. The summed E-state index contributed by atoms with van der Waals surface area (Å²) in [5.74, 6) is -1.15. The quantitative estimate of drug-likeness (QED) is 0.496. The molecule has 0 bridgehead atoms. The van der Waals surface area contributed by atoms with Crippen molar-refractivity contribution in [1.82, 2.24) is 0 Å². The van der Waals surface area contributed by atoms with Crippen LogP contribution < -0.4 is 5.43 Å². The van der Waals surface area contributed by atoms with Gasteiger partial charge in [-0.3, -0.25) is 5.43 Å². The van der Waals surface area contributed by atoms with Gasteiger partial charge in [0.25, 0.3) is 0 Å². The first kappa shape index (κ1) is 16.0. The molecule has 1 aromatic rings. The van der Waals surface area contributed by atoms with Crippen LogP contribution in [-0.4, -0.2) is 30.3 Å². The Hall–Kier alpha value is -2.08. The molecule has 0 radical (unpaired) electrons. The second-order valence-corrected chi connectivity index (χ2v) is 3.89. The van der Waals surface area contributed by atoms with Crippen molar-refractivity contribution in [2.45, 2.75) is 13.8 Å². The molecule has 7 heteroatoms. The Labute approximate surface area is 121 Å². The lowest BCUT2D eigenvalue weighted by molar-refractivity contribution is -0.134. The van der Waals surface area contributed by atoms with E-state index in [9.17, 15) is 9.59 Å². The highest BCUT2D eigenvalue weighted by atomic mass is 35.5. The van der Waals surface area contributed by atoms with E-state index < -0.39 is 11.9 Å². The van der Waals surface area contributed by atoms with E-state index in [-0.39, 0.29) is 11.8 Å². The van der Waals surface area contributed by atoms with E-state index in [1.807, 2.05) is 0 Å². The average molecular weight is 299 g/mol. The van der Waals surface area contributed by atoms with Crippen LogP contribution in [0.4, 0.5) is 5.69 Å². The summed E-state index contributed by atoms with van der Waals surface area (Å²) in [4.78, 5) is 22.8. The molecule has 0 saturated heterocycles. The van der Waals surface area contributed by atoms with E-state index in [1.165, 1.54) is 6.07 Å². The van der Waals surface area contributed by atoms with Gasteiger partial charge in [-0.05, 0) is 32.0 Å². The molecule has 20 heavy (non-hydrogen) atoms. The van der Waals surface area contributed by atoms with E-state index in [4.69, 9.17) is 16.3 Å². The second-order valence-electron chi connectivity index (χ2n) is 3.54. The number of hydrogen-bond acceptors (Lipinski definition) is 6. The number of anilines is 1. The summed E-state index contributed by atoms with van der Waals surface area (Å²) < 4.78 is 9.55. The molecular formula is C13H15ClN2O4. The zero-order valence-corrected chi connectivity index (χ0v) is 11.9. The topological polar surface area (TPSA) is 77.0 Å². The summed E-state index contributed by atoms with van der Waals surface area (Å²) in [7, 11) is 0. The number of carbonyl (C=O) groups excluding carboxylic acids is 2. The molecule has 0 aliphatic heterocycles. The van der Waals surface area contributed by atoms with Crippen LogP contribution in [-0.2, 0) is 14.3 Å². The lowest BCUT2D eigenvalue weighted by Gasteiger charge is -2.05. The van der Waals surface area contributed by atoms with E-state index in [2.05, 4.69) is 15.3 Å². The average Bonchev–Trinajstić information content (AvgIpc) is 2.45. The van der Waals surface area contributed by atoms with Crippen molar-refractivity contribution in [1.29, 1.82) is 0 Å². The zero-order chi connectivity index (χ0) is 15.0. The minimum absolute atomic E-state index is 0.211. The molecule has 0 saturated carbocycles. The molecule has 1 aromatic carbocycles. The van der Waals surface area contributed by atoms with Gasteiger partial charge in [0.15, 0.2) is 0 Å². The van der Waals surface area contributed by atoms with Crippen LogP contribution in [0.3, 0.4) is 0 Å². The molecule has 0 aliphatic carbocycles. The number of hydrazone groups is 1. The maximum Gasteiger partial charge on any atom is 0.370 e. The van der Waals surface area contributed by atoms with Gasteiger partial charge in [0.2, 0.25) is 5.17 Å². The van der Waals surface area contributed by atoms with Crippen molar-refractivity contribution in [3.8, 4) is 0 Å². The lowest BCUT2D eigenvalue weighted by Crippen LogP contribution is -2.13. The van der Waals surface area contributed by atoms with Crippen LogP contribution in [0.15, 0.2) is 29.4 Å². The summed E-state index contributed by atoms with van der Waals surface area (Å²) in [6.45, 7) is 3.90. The molecule has 0 spiro atoms. The fraction of sp³-hybridized carbons (Fsp3) is 0.308. The Morgan fingerprint density at radius 3 is 2.60 bits per heavy atom. The van der Waals surface area contributed by atoms with Gasteiger partial charge in [0, 0.05) is 0 Å². The number of rotatable bonds is 6. The smallest absolute Gasteiger partial charge is 0.370 e. The summed E-state index contributed by atoms with van der Waals surface area (Å²) in [6.07, 6.45) is 0. The molecule has 0 heterocycles. The van der Waals surface area contributed by atoms with Crippen molar-refractivity contribution < 1.29 is 19.1 Å². The van der Waals surface area contributed by atoms with Gasteiger partial charge in [0.05, 0.1) is 24.5 Å². The minimum Gasteiger partial charge on any atom is -0.462 e. The Balaban J connectivity index is 2.74. The molecule has 0 aromatic heterocycles. The summed E-state index contributed by atoms with van der Waals surface area (Å²) >= 11 is 5.63. The highest BCUT2D eigenvalue weighted by molar-refractivity contribution is 6.82. The number of benzene rings is 1. The molecule has 108 valence electrons. The molecule has 0 amide bonds. The number of carbonyl (C=O) groups is 2. The van der Waals surface area contributed by atoms with Crippen molar-refractivity contribution in [2.75, 3.05) is 18.6 Å². The van der Waals surface area contributed by atoms with Gasteiger partial charge >= 0.3 is 11.9 Å². The number of halogens is 1. The second kappa shape index (κ2) is 8.16. The molecule has 0 aliphatic rings. The monoisotopic (exact) mass is 298 g/mol. The fourth-order valence-corrected chi connectivity index (χ4v) is 1.38. The maximum atomic E-state index is 11.5. The third kappa shape index (κ3) is 4.89. The number of nitrogens with one attached hydrogen (secondary N) is 1. The zero-order valence-electron chi connectivity index (χ0n) is 11.2. The van der Waals surface area contributed by atoms with Crippen molar-refractivity contribution >= 4 is 34.4 Å². The first-order valence-electron chi connectivity index (χ1n) is 6.02. The molecule has 0 fully saturated rings. The highest BCUT2D eigenvalue weighted by Gasteiger charge is 2.10. The Morgan fingerprint density at radius 2 is 1.95 bits per heavy atom. The normalized spacial score (nSPS) is 10.8. The number of ether oxygens (including phenoxy) is 2. The molecule has 0 atom stereocenters. The summed E-state index contributed by atoms with van der Waals surface area (Å²) in [6, 6.07) is 6.47. The van der Waals surface area contributed by atoms with Crippen LogP contribution >= 0.6 is 11.6 Å². The van der Waals surface area contributed by atoms with E-state index >= 15 is 0 Å². The van der Waals surface area contributed by atoms with Gasteiger partial charge < -0.3 is 9.47 Å². The number of esters is 2. The van der Waals surface area contributed by atoms with Gasteiger partial charge in [-0.25, -0.2) is 9.59 Å². The Kier molecular flexibility index (Phi) is 6.52. The van der Waals surface area contributed by atoms with E-state index in [1.54, 1.807) is 32.0 Å². The standard InChI is InChI=1S/C13H15ClN2O4/c1-3-19-12(17)9-6-5-7-10(8-9)15-16-11(14)13(18)20-4-2/h5-8,15H,3-4H2,1-2H3/b16-11-. The van der Waals surface area contributed by atoms with Crippen LogP contribution in [0, 0.1) is 0 Å². The third-order valence-electron chi connectivity index (χ3n) is 2.10. The summed E-state index contributed by atoms with van der Waals surface area (Å²) in [5, 5.41) is 3.34. The molecule has 1 N–H and O–H groups in total. The Bertz CT molecular complexity index is 517. The van der Waals surface area contributed by atoms with Crippen molar-refractivity contribution in [3.63, 3.8) is 0 Å². The summed E-state index contributed by atoms with van der Waals surface area (Å²) in [5.41, 5.74) is 3.44. The third-order valence-corrected chi connectivity index (χ3v) is 2.34. The van der Waals surface area contributed by atoms with Gasteiger partial charge in [-0.2, -0.15) is 5.10 Å². The predicted octanol–water partition coefficient (Wildman–Crippen LogP) is 2.39. The molecule has 1 rings (SSSR count). The van der Waals surface area contributed by atoms with Gasteiger partial charge in [-0.15, -0.1) is 0 Å². The SMILES string of the molecule is CCOC(=O)/C(Cl)=N/Nc1cccc(C(=O)OCC)c1. The molecule has 0 unspecified atom stereocenters. The van der Waals surface area contributed by atoms with Gasteiger partial charge in [-0.1, -0.05) is 17.7 Å². The first-order chi connectivity index (χ1) is 9.58. The molecular weight excluding hydrogens is 284 g/mol. The van der Waals surface area contributed by atoms with Crippen LogP contribution in [0.5, 0.6) is 0 Å². The lowest BCUT2D eigenvalue weighted by atomic mass is 10.2. The fourth-order valence-electron chi connectivity index (χ4n) is 1.28. The van der Waals surface area contributed by atoms with E-state index in [0.717, 1.165) is 0 Å². The van der Waals surface area contributed by atoms with Crippen LogP contribution in [0.1, 0.15) is 24.2 Å². The number of nitrogens with zero attached hydrogens (tertiary/aromatic N) is 1. The predicted molar refractivity (Wildman–Crippen MR) is 75.9 cm³/mol. The molecule has 6 nitrogen and oxygen atoms in total. The largest absolute Gasteiger partial charge is 0.462 e. The number of hydrogen-bond donors (Lipinski definition) is 1. The van der Waals surface area contributed by atoms with Gasteiger partial charge in [0.1, 0.15) is 0 Å².